The van der Waals surface area contributed by atoms with Crippen molar-refractivity contribution in [2.45, 2.75) is 24.7 Å². The molecule has 0 aromatic heterocycles. The first-order valence-electron chi connectivity index (χ1n) is 7.83. The van der Waals surface area contributed by atoms with E-state index in [1.165, 1.54) is 18.2 Å². The van der Waals surface area contributed by atoms with E-state index in [9.17, 15) is 23.3 Å². The average Bonchev–Trinajstić information content (AvgIpc) is 2.60. The molecule has 0 aliphatic carbocycles. The molecule has 138 valence electrons. The lowest BCUT2D eigenvalue weighted by Crippen LogP contribution is -2.13. The summed E-state index contributed by atoms with van der Waals surface area (Å²) in [5.41, 5.74) is 0.756. The molecular formula is C17H18N2O6S. The van der Waals surface area contributed by atoms with E-state index in [0.29, 0.717) is 18.7 Å². The first-order valence-corrected chi connectivity index (χ1v) is 9.32. The number of ether oxygens (including phenoxy) is 1. The summed E-state index contributed by atoms with van der Waals surface area (Å²) >= 11 is 0. The van der Waals surface area contributed by atoms with Crippen LogP contribution in [0.15, 0.2) is 53.4 Å². The van der Waals surface area contributed by atoms with Crippen LogP contribution in [0.1, 0.15) is 18.9 Å². The van der Waals surface area contributed by atoms with E-state index in [2.05, 4.69) is 4.72 Å². The van der Waals surface area contributed by atoms with Gasteiger partial charge < -0.3 is 4.74 Å². The Morgan fingerprint density at radius 2 is 1.92 bits per heavy atom. The standard InChI is InChI=1S/C17H18N2O6S/c1-2-25-17(20)10-9-13-5-3-6-14(11-13)18-26(23,24)16-8-4-7-15(12-16)19(21)22/h3-8,11-12,18H,2,9-10H2,1H3. The molecule has 0 saturated carbocycles. The van der Waals surface area contributed by atoms with Crippen LogP contribution in [0.25, 0.3) is 0 Å². The Labute approximate surface area is 151 Å². The number of sulfonamides is 1. The normalized spacial score (nSPS) is 11.0. The largest absolute Gasteiger partial charge is 0.466 e. The molecule has 8 nitrogen and oxygen atoms in total. The van der Waals surface area contributed by atoms with E-state index in [4.69, 9.17) is 4.74 Å². The number of nitro groups is 1. The van der Waals surface area contributed by atoms with Crippen molar-refractivity contribution in [1.29, 1.82) is 0 Å². The maximum Gasteiger partial charge on any atom is 0.306 e. The van der Waals surface area contributed by atoms with Crippen LogP contribution in [0.5, 0.6) is 0 Å². The molecule has 9 heteroatoms. The number of nitrogens with one attached hydrogen (secondary N) is 1. The predicted octanol–water partition coefficient (Wildman–Crippen LogP) is 2.89. The number of hydrogen-bond donors (Lipinski definition) is 1. The molecule has 0 amide bonds. The van der Waals surface area contributed by atoms with Gasteiger partial charge in [-0.05, 0) is 37.1 Å². The third-order valence-corrected chi connectivity index (χ3v) is 4.82. The number of aryl methyl sites for hydroxylation is 1. The van der Waals surface area contributed by atoms with Crippen LogP contribution in [0.2, 0.25) is 0 Å². The molecular weight excluding hydrogens is 360 g/mol. The van der Waals surface area contributed by atoms with Crippen LogP contribution < -0.4 is 4.72 Å². The van der Waals surface area contributed by atoms with E-state index in [-0.39, 0.29) is 23.0 Å². The second-order valence-electron chi connectivity index (χ2n) is 5.37. The minimum absolute atomic E-state index is 0.189. The average molecular weight is 378 g/mol. The second-order valence-corrected chi connectivity index (χ2v) is 7.05. The first kappa shape index (κ1) is 19.4. The highest BCUT2D eigenvalue weighted by molar-refractivity contribution is 7.92. The van der Waals surface area contributed by atoms with Crippen LogP contribution in [0.4, 0.5) is 11.4 Å². The smallest absolute Gasteiger partial charge is 0.306 e. The summed E-state index contributed by atoms with van der Waals surface area (Å²) in [6.45, 7) is 2.03. The SMILES string of the molecule is CCOC(=O)CCc1cccc(NS(=O)(=O)c2cccc([N+](=O)[O-])c2)c1. The van der Waals surface area contributed by atoms with E-state index < -0.39 is 14.9 Å². The Morgan fingerprint density at radius 1 is 1.19 bits per heavy atom. The quantitative estimate of drug-likeness (QED) is 0.429. The molecule has 1 N–H and O–H groups in total. The highest BCUT2D eigenvalue weighted by atomic mass is 32.2. The van der Waals surface area contributed by atoms with Gasteiger partial charge in [-0.3, -0.25) is 19.6 Å². The van der Waals surface area contributed by atoms with Gasteiger partial charge in [0.1, 0.15) is 0 Å². The lowest BCUT2D eigenvalue weighted by molar-refractivity contribution is -0.385. The van der Waals surface area contributed by atoms with Crippen molar-refractivity contribution in [1.82, 2.24) is 0 Å². The van der Waals surface area contributed by atoms with Crippen LogP contribution in [0, 0.1) is 10.1 Å². The molecule has 0 aliphatic heterocycles. The van der Waals surface area contributed by atoms with Gasteiger partial charge in [0.25, 0.3) is 15.7 Å². The minimum Gasteiger partial charge on any atom is -0.466 e. The Bertz CT molecular complexity index is 911. The Hall–Kier alpha value is -2.94. The number of carbonyl (C=O) groups is 1. The number of esters is 1. The molecule has 0 fully saturated rings. The van der Waals surface area contributed by atoms with Gasteiger partial charge in [0.2, 0.25) is 0 Å². The Kier molecular flexibility index (Phi) is 6.29. The van der Waals surface area contributed by atoms with Gasteiger partial charge in [-0.1, -0.05) is 18.2 Å². The van der Waals surface area contributed by atoms with Gasteiger partial charge in [-0.15, -0.1) is 0 Å². The zero-order valence-electron chi connectivity index (χ0n) is 14.0. The van der Waals surface area contributed by atoms with E-state index in [0.717, 1.165) is 11.6 Å². The summed E-state index contributed by atoms with van der Waals surface area (Å²) < 4.78 is 32.1. The molecule has 2 aromatic rings. The molecule has 0 atom stereocenters. The third kappa shape index (κ3) is 5.28. The van der Waals surface area contributed by atoms with Crippen molar-refractivity contribution in [2.75, 3.05) is 11.3 Å². The second kappa shape index (κ2) is 8.43. The van der Waals surface area contributed by atoms with Gasteiger partial charge in [0.15, 0.2) is 0 Å². The molecule has 2 aromatic carbocycles. The molecule has 0 saturated heterocycles. The van der Waals surface area contributed by atoms with Crippen LogP contribution in [-0.2, 0) is 26.0 Å². The zero-order valence-corrected chi connectivity index (χ0v) is 14.9. The number of rotatable bonds is 8. The van der Waals surface area contributed by atoms with E-state index in [1.54, 1.807) is 31.2 Å². The number of anilines is 1. The Balaban J connectivity index is 2.14. The van der Waals surface area contributed by atoms with Gasteiger partial charge >= 0.3 is 5.97 Å². The maximum absolute atomic E-state index is 12.4. The molecule has 2 rings (SSSR count). The van der Waals surface area contributed by atoms with E-state index >= 15 is 0 Å². The lowest BCUT2D eigenvalue weighted by atomic mass is 10.1. The number of carbonyl (C=O) groups excluding carboxylic acids is 1. The summed E-state index contributed by atoms with van der Waals surface area (Å²) in [5, 5.41) is 10.8. The molecule has 0 radical (unpaired) electrons. The highest BCUT2D eigenvalue weighted by Gasteiger charge is 2.18. The lowest BCUT2D eigenvalue weighted by Gasteiger charge is -2.09. The zero-order chi connectivity index (χ0) is 19.2. The fourth-order valence-electron chi connectivity index (χ4n) is 2.25. The topological polar surface area (TPSA) is 116 Å². The number of non-ortho nitro benzene ring substituents is 1. The van der Waals surface area contributed by atoms with Crippen molar-refractivity contribution in [2.24, 2.45) is 0 Å². The Morgan fingerprint density at radius 3 is 2.62 bits per heavy atom. The maximum atomic E-state index is 12.4. The molecule has 26 heavy (non-hydrogen) atoms. The number of benzene rings is 2. The first-order chi connectivity index (χ1) is 12.3. The van der Waals surface area contributed by atoms with Crippen molar-refractivity contribution in [3.8, 4) is 0 Å². The number of nitro benzene ring substituents is 1. The molecule has 0 spiro atoms. The minimum atomic E-state index is -3.97. The fraction of sp³-hybridized carbons (Fsp3) is 0.235. The van der Waals surface area contributed by atoms with Gasteiger partial charge in [0.05, 0.1) is 16.4 Å². The summed E-state index contributed by atoms with van der Waals surface area (Å²) in [5.74, 6) is -0.324. The highest BCUT2D eigenvalue weighted by Crippen LogP contribution is 2.21. The van der Waals surface area contributed by atoms with Crippen LogP contribution >= 0.6 is 0 Å². The summed E-state index contributed by atoms with van der Waals surface area (Å²) in [7, 11) is -3.97. The summed E-state index contributed by atoms with van der Waals surface area (Å²) in [6, 6.07) is 11.4. The van der Waals surface area contributed by atoms with Gasteiger partial charge in [0, 0.05) is 24.2 Å². The molecule has 0 unspecified atom stereocenters. The van der Waals surface area contributed by atoms with Crippen molar-refractivity contribution in [3.05, 3.63) is 64.2 Å². The molecule has 0 heterocycles. The number of hydrogen-bond acceptors (Lipinski definition) is 6. The predicted molar refractivity (Wildman–Crippen MR) is 95.3 cm³/mol. The van der Waals surface area contributed by atoms with Crippen molar-refractivity contribution >= 4 is 27.4 Å². The monoisotopic (exact) mass is 378 g/mol. The number of nitrogens with zero attached hydrogens (tertiary/aromatic N) is 1. The van der Waals surface area contributed by atoms with Crippen LogP contribution in [0.3, 0.4) is 0 Å². The van der Waals surface area contributed by atoms with Crippen LogP contribution in [-0.4, -0.2) is 25.9 Å². The van der Waals surface area contributed by atoms with Crippen molar-refractivity contribution < 1.29 is 22.9 Å². The van der Waals surface area contributed by atoms with E-state index in [1.807, 2.05) is 0 Å². The summed E-state index contributed by atoms with van der Waals surface area (Å²) in [4.78, 5) is 21.4. The van der Waals surface area contributed by atoms with Gasteiger partial charge in [-0.25, -0.2) is 8.42 Å². The molecule has 0 bridgehead atoms. The third-order valence-electron chi connectivity index (χ3n) is 3.44. The van der Waals surface area contributed by atoms with Crippen molar-refractivity contribution in [3.63, 3.8) is 0 Å². The molecule has 0 aliphatic rings. The fourth-order valence-corrected chi connectivity index (χ4v) is 3.34. The summed E-state index contributed by atoms with van der Waals surface area (Å²) in [6.07, 6.45) is 0.597. The van der Waals surface area contributed by atoms with Gasteiger partial charge in [-0.2, -0.15) is 0 Å².